The van der Waals surface area contributed by atoms with Crippen molar-refractivity contribution in [1.82, 2.24) is 0 Å². The Morgan fingerprint density at radius 1 is 0.600 bits per heavy atom. The fourth-order valence-electron chi connectivity index (χ4n) is 3.34. The van der Waals surface area contributed by atoms with Gasteiger partial charge in [-0.1, -0.05) is 119 Å². The molecule has 0 saturated heterocycles. The van der Waals surface area contributed by atoms with E-state index in [-0.39, 0.29) is 34.8 Å². The minimum Gasteiger partial charge on any atom is -1.00 e. The Balaban J connectivity index is 0.000000664. The van der Waals surface area contributed by atoms with E-state index >= 15 is 0 Å². The predicted octanol–water partition coefficient (Wildman–Crippen LogP) is 3.38. The Morgan fingerprint density at radius 3 is 1.03 bits per heavy atom. The summed E-state index contributed by atoms with van der Waals surface area (Å²) in [6, 6.07) is 32.3. The predicted molar refractivity (Wildman–Crippen MR) is 137 cm³/mol. The summed E-state index contributed by atoms with van der Waals surface area (Å²) in [6.07, 6.45) is 0. The van der Waals surface area contributed by atoms with Crippen LogP contribution in [0.4, 0.5) is 0 Å². The summed E-state index contributed by atoms with van der Waals surface area (Å²) < 4.78 is 0. The molecule has 0 heterocycles. The Bertz CT molecular complexity index is 711. The molecule has 0 saturated carbocycles. The molecule has 0 aliphatic carbocycles. The smallest absolute Gasteiger partial charge is 1.00 e. The van der Waals surface area contributed by atoms with Gasteiger partial charge in [0.1, 0.15) is 0 Å². The average Bonchev–Trinajstić information content (AvgIpc) is 2.62. The van der Waals surface area contributed by atoms with Crippen LogP contribution in [0.15, 0.2) is 91.0 Å². The number of halogens is 1. The van der Waals surface area contributed by atoms with Gasteiger partial charge in [-0.3, -0.25) is 0 Å². The van der Waals surface area contributed by atoms with Gasteiger partial charge < -0.3 is 12.4 Å². The second-order valence-electron chi connectivity index (χ2n) is 8.95. The molecular formula is C25H34AuClP2Si. The van der Waals surface area contributed by atoms with Crippen molar-refractivity contribution in [2.45, 2.75) is 19.6 Å². The second kappa shape index (κ2) is 14.0. The molecule has 30 heavy (non-hydrogen) atoms. The van der Waals surface area contributed by atoms with Crippen LogP contribution in [0, 0.1) is 5.79 Å². The van der Waals surface area contributed by atoms with Crippen molar-refractivity contribution in [3.8, 4) is 0 Å². The summed E-state index contributed by atoms with van der Waals surface area (Å²) >= 11 is 0. The molecular weight excluding hydrogens is 623 g/mol. The Hall–Kier alpha value is -0.233. The van der Waals surface area contributed by atoms with Crippen LogP contribution in [0.25, 0.3) is 0 Å². The zero-order valence-corrected chi connectivity index (χ0v) is 24.5. The zero-order chi connectivity index (χ0) is 20.6. The third-order valence-corrected chi connectivity index (χ3v) is 12.5. The SMILES string of the molecule is C[Si](C)(C)[CH-][P+](C)(C)C.[Au+].[Cl-].c1ccc(P(c2ccccc2)c2ccccc2)cc1. The number of hydrogen-bond acceptors (Lipinski definition) is 0. The number of hydrogen-bond donors (Lipinski definition) is 0. The fourth-order valence-corrected chi connectivity index (χ4v) is 14.9. The third kappa shape index (κ3) is 11.4. The van der Waals surface area contributed by atoms with Gasteiger partial charge in [0.05, 0.1) is 0 Å². The molecule has 0 fully saturated rings. The van der Waals surface area contributed by atoms with Gasteiger partial charge in [0.25, 0.3) is 0 Å². The maximum absolute atomic E-state index is 2.62. The quantitative estimate of drug-likeness (QED) is 0.225. The van der Waals surface area contributed by atoms with E-state index in [9.17, 15) is 0 Å². The van der Waals surface area contributed by atoms with Crippen LogP contribution in [0.1, 0.15) is 0 Å². The van der Waals surface area contributed by atoms with Crippen molar-refractivity contribution in [3.05, 3.63) is 96.8 Å². The molecule has 0 radical (unpaired) electrons. The number of rotatable bonds is 5. The first-order chi connectivity index (χ1) is 13.2. The summed E-state index contributed by atoms with van der Waals surface area (Å²) in [5.74, 6) is 2.62. The summed E-state index contributed by atoms with van der Waals surface area (Å²) in [4.78, 5) is 0. The molecule has 0 atom stereocenters. The molecule has 0 nitrogen and oxygen atoms in total. The van der Waals surface area contributed by atoms with E-state index in [4.69, 9.17) is 0 Å². The molecule has 0 N–H and O–H groups in total. The molecule has 166 valence electrons. The monoisotopic (exact) mass is 656 g/mol. The Morgan fingerprint density at radius 2 is 0.867 bits per heavy atom. The van der Waals surface area contributed by atoms with Crippen LogP contribution >= 0.6 is 15.2 Å². The summed E-state index contributed by atoms with van der Waals surface area (Å²) in [5, 5.41) is 4.19. The van der Waals surface area contributed by atoms with Crippen molar-refractivity contribution < 1.29 is 34.8 Å². The van der Waals surface area contributed by atoms with Gasteiger partial charge in [-0.05, 0) is 23.8 Å². The van der Waals surface area contributed by atoms with E-state index in [0.29, 0.717) is 0 Å². The normalized spacial score (nSPS) is 10.9. The van der Waals surface area contributed by atoms with Gasteiger partial charge in [-0.2, -0.15) is 5.79 Å². The van der Waals surface area contributed by atoms with E-state index in [1.165, 1.54) is 15.9 Å². The van der Waals surface area contributed by atoms with Gasteiger partial charge in [-0.25, -0.2) is 0 Å². The maximum Gasteiger partial charge on any atom is 1.00 e. The van der Waals surface area contributed by atoms with Crippen molar-refractivity contribution in [1.29, 1.82) is 0 Å². The van der Waals surface area contributed by atoms with E-state index in [1.54, 1.807) is 0 Å². The van der Waals surface area contributed by atoms with E-state index in [2.05, 4.69) is 136 Å². The molecule has 5 heteroatoms. The first kappa shape index (κ1) is 29.8. The first-order valence-corrected chi connectivity index (χ1v) is 17.9. The molecule has 3 aromatic carbocycles. The van der Waals surface area contributed by atoms with Crippen molar-refractivity contribution in [2.24, 2.45) is 0 Å². The minimum atomic E-state index is -0.868. The molecule has 3 rings (SSSR count). The molecule has 0 bridgehead atoms. The Kier molecular flexibility index (Phi) is 13.9. The molecule has 0 aromatic heterocycles. The molecule has 0 amide bonds. The van der Waals surface area contributed by atoms with Gasteiger partial charge in [0.2, 0.25) is 0 Å². The van der Waals surface area contributed by atoms with Crippen molar-refractivity contribution in [2.75, 3.05) is 20.0 Å². The van der Waals surface area contributed by atoms with E-state index in [0.717, 1.165) is 0 Å². The maximum atomic E-state index is 2.62. The van der Waals surface area contributed by atoms with Gasteiger partial charge >= 0.3 is 22.4 Å². The topological polar surface area (TPSA) is 0 Å². The molecule has 3 aromatic rings. The second-order valence-corrected chi connectivity index (χ2v) is 21.2. The van der Waals surface area contributed by atoms with Crippen molar-refractivity contribution >= 4 is 39.2 Å². The van der Waals surface area contributed by atoms with Gasteiger partial charge in [-0.15, -0.1) is 7.26 Å². The fraction of sp³-hybridized carbons (Fsp3) is 0.240. The van der Waals surface area contributed by atoms with Crippen LogP contribution in [0.2, 0.25) is 19.6 Å². The summed E-state index contributed by atoms with van der Waals surface area (Å²) in [6.45, 7) is 14.3. The number of benzene rings is 3. The third-order valence-electron chi connectivity index (χ3n) is 3.82. The van der Waals surface area contributed by atoms with Crippen LogP contribution in [-0.2, 0) is 22.4 Å². The standard InChI is InChI=1S/C18H15P.C7H19PSi.Au.ClH/c1-4-10-16(11-5-1)19(17-12-6-2-7-13-17)18-14-8-3-9-15-18;1-8(2,3)7-9(4,5)6;;/h1-15H;7H,1-6H3;;1H/q;;+1;/p-1. The van der Waals surface area contributed by atoms with Gasteiger partial charge in [0.15, 0.2) is 0 Å². The molecule has 0 unspecified atom stereocenters. The summed E-state index contributed by atoms with van der Waals surface area (Å²) in [7, 11) is -1.91. The van der Waals surface area contributed by atoms with Gasteiger partial charge in [0, 0.05) is 20.0 Å². The summed E-state index contributed by atoms with van der Waals surface area (Å²) in [5.41, 5.74) is 0. The van der Waals surface area contributed by atoms with Crippen LogP contribution in [-0.4, -0.2) is 28.1 Å². The van der Waals surface area contributed by atoms with E-state index < -0.39 is 23.3 Å². The van der Waals surface area contributed by atoms with E-state index in [1.807, 2.05) is 0 Å². The zero-order valence-electron chi connectivity index (χ0n) is 18.8. The average molecular weight is 657 g/mol. The Labute approximate surface area is 209 Å². The van der Waals surface area contributed by atoms with Crippen LogP contribution < -0.4 is 28.3 Å². The van der Waals surface area contributed by atoms with Crippen LogP contribution in [0.3, 0.4) is 0 Å². The van der Waals surface area contributed by atoms with Crippen LogP contribution in [0.5, 0.6) is 0 Å². The first-order valence-electron chi connectivity index (χ1n) is 9.79. The van der Waals surface area contributed by atoms with Crippen molar-refractivity contribution in [3.63, 3.8) is 0 Å². The molecule has 0 aliphatic heterocycles. The minimum absolute atomic E-state index is 0. The molecule has 0 spiro atoms. The molecule has 0 aliphatic rings. The largest absolute Gasteiger partial charge is 1.00 e.